The molecule has 0 atom stereocenters. The molecule has 0 unspecified atom stereocenters. The van der Waals surface area contributed by atoms with Crippen LogP contribution in [0.4, 0.5) is 5.82 Å². The molecule has 0 spiro atoms. The molecule has 18 heavy (non-hydrogen) atoms. The minimum absolute atomic E-state index is 0.812. The normalized spacial score (nSPS) is 10.4. The lowest BCUT2D eigenvalue weighted by molar-refractivity contribution is 0.844. The van der Waals surface area contributed by atoms with E-state index in [1.54, 1.807) is 11.8 Å². The average Bonchev–Trinajstić information content (AvgIpc) is 2.39. The van der Waals surface area contributed by atoms with Crippen LogP contribution in [0.3, 0.4) is 0 Å². The second-order valence-electron chi connectivity index (χ2n) is 4.07. The number of nitrogens with zero attached hydrogens (tertiary/aromatic N) is 4. The highest BCUT2D eigenvalue weighted by molar-refractivity contribution is 7.98. The third-order valence-corrected chi connectivity index (χ3v) is 3.11. The van der Waals surface area contributed by atoms with Crippen molar-refractivity contribution in [2.24, 2.45) is 0 Å². The van der Waals surface area contributed by atoms with E-state index in [9.17, 15) is 0 Å². The first-order chi connectivity index (χ1) is 8.69. The van der Waals surface area contributed by atoms with Crippen molar-refractivity contribution in [2.75, 3.05) is 18.2 Å². The number of hydrogen-bond donors (Lipinski definition) is 0. The van der Waals surface area contributed by atoms with Crippen LogP contribution in [0.15, 0.2) is 35.7 Å². The van der Waals surface area contributed by atoms with Crippen LogP contribution < -0.4 is 4.90 Å². The summed E-state index contributed by atoms with van der Waals surface area (Å²) in [6.45, 7) is 2.80. The van der Waals surface area contributed by atoms with Gasteiger partial charge >= 0.3 is 0 Å². The van der Waals surface area contributed by atoms with Crippen LogP contribution in [0.5, 0.6) is 0 Å². The van der Waals surface area contributed by atoms with Crippen LogP contribution in [0.2, 0.25) is 0 Å². The van der Waals surface area contributed by atoms with Gasteiger partial charge in [0.25, 0.3) is 0 Å². The Morgan fingerprint density at radius 3 is 2.61 bits per heavy atom. The smallest absolute Gasteiger partial charge is 0.189 e. The Kier molecular flexibility index (Phi) is 4.15. The minimum Gasteiger partial charge on any atom is -0.355 e. The monoisotopic (exact) mass is 260 g/mol. The lowest BCUT2D eigenvalue weighted by atomic mass is 10.2. The van der Waals surface area contributed by atoms with Gasteiger partial charge in [0.15, 0.2) is 5.16 Å². The van der Waals surface area contributed by atoms with Crippen LogP contribution in [0.1, 0.15) is 11.3 Å². The van der Waals surface area contributed by atoms with Gasteiger partial charge in [-0.05, 0) is 30.9 Å². The summed E-state index contributed by atoms with van der Waals surface area (Å²) in [5.41, 5.74) is 2.21. The molecule has 0 aromatic carbocycles. The van der Waals surface area contributed by atoms with Gasteiger partial charge in [-0.25, -0.2) is 9.97 Å². The molecule has 94 valence electrons. The highest BCUT2D eigenvalue weighted by atomic mass is 32.2. The molecule has 5 heteroatoms. The van der Waals surface area contributed by atoms with Gasteiger partial charge in [-0.3, -0.25) is 4.98 Å². The third kappa shape index (κ3) is 3.20. The molecule has 0 bridgehead atoms. The Morgan fingerprint density at radius 1 is 1.22 bits per heavy atom. The number of rotatable bonds is 4. The average molecular weight is 260 g/mol. The molecule has 2 aromatic heterocycles. The fourth-order valence-corrected chi connectivity index (χ4v) is 2.08. The van der Waals surface area contributed by atoms with E-state index in [1.165, 1.54) is 5.56 Å². The molecule has 0 aliphatic carbocycles. The van der Waals surface area contributed by atoms with E-state index in [-0.39, 0.29) is 0 Å². The molecule has 2 heterocycles. The highest BCUT2D eigenvalue weighted by Gasteiger charge is 2.06. The molecule has 4 nitrogen and oxygen atoms in total. The van der Waals surface area contributed by atoms with E-state index >= 15 is 0 Å². The van der Waals surface area contributed by atoms with E-state index < -0.39 is 0 Å². The van der Waals surface area contributed by atoms with Gasteiger partial charge in [-0.2, -0.15) is 0 Å². The SMILES string of the molecule is CSc1nc(C)cc(N(C)Cc2ccncc2)n1. The second-order valence-corrected chi connectivity index (χ2v) is 4.84. The Hall–Kier alpha value is -1.62. The minimum atomic E-state index is 0.812. The molecule has 0 amide bonds. The fraction of sp³-hybridized carbons (Fsp3) is 0.308. The quantitative estimate of drug-likeness (QED) is 0.624. The van der Waals surface area contributed by atoms with E-state index in [2.05, 4.69) is 19.9 Å². The zero-order chi connectivity index (χ0) is 13.0. The van der Waals surface area contributed by atoms with Crippen molar-refractivity contribution in [3.8, 4) is 0 Å². The fourth-order valence-electron chi connectivity index (χ4n) is 1.66. The van der Waals surface area contributed by atoms with Crippen LogP contribution in [-0.2, 0) is 6.54 Å². The summed E-state index contributed by atoms with van der Waals surface area (Å²) in [6, 6.07) is 6.03. The Bertz CT molecular complexity index is 516. The number of anilines is 1. The van der Waals surface area contributed by atoms with E-state index in [0.717, 1.165) is 23.2 Å². The Balaban J connectivity index is 2.18. The molecule has 0 fully saturated rings. The van der Waals surface area contributed by atoms with Crippen molar-refractivity contribution in [1.29, 1.82) is 0 Å². The van der Waals surface area contributed by atoms with Gasteiger partial charge in [0, 0.05) is 37.7 Å². The van der Waals surface area contributed by atoms with Gasteiger partial charge in [-0.15, -0.1) is 0 Å². The molecule has 0 aliphatic rings. The number of hydrogen-bond acceptors (Lipinski definition) is 5. The van der Waals surface area contributed by atoms with Crippen molar-refractivity contribution < 1.29 is 0 Å². The molecule has 0 aliphatic heterocycles. The maximum absolute atomic E-state index is 4.51. The third-order valence-electron chi connectivity index (χ3n) is 2.56. The van der Waals surface area contributed by atoms with Gasteiger partial charge in [0.2, 0.25) is 0 Å². The van der Waals surface area contributed by atoms with Crippen LogP contribution >= 0.6 is 11.8 Å². The molecule has 0 saturated heterocycles. The first-order valence-electron chi connectivity index (χ1n) is 5.69. The number of thioether (sulfide) groups is 1. The van der Waals surface area contributed by atoms with E-state index in [0.29, 0.717) is 0 Å². The second kappa shape index (κ2) is 5.82. The first kappa shape index (κ1) is 12.8. The maximum atomic E-state index is 4.51. The topological polar surface area (TPSA) is 41.9 Å². The Labute approximate surface area is 111 Å². The van der Waals surface area contributed by atoms with Gasteiger partial charge < -0.3 is 4.90 Å². The molecule has 0 radical (unpaired) electrons. The molecular formula is C13H16N4S. The highest BCUT2D eigenvalue weighted by Crippen LogP contribution is 2.17. The maximum Gasteiger partial charge on any atom is 0.189 e. The largest absolute Gasteiger partial charge is 0.355 e. The molecule has 0 N–H and O–H groups in total. The standard InChI is InChI=1S/C13H16N4S/c1-10-8-12(16-13(15-10)18-3)17(2)9-11-4-6-14-7-5-11/h4-8H,9H2,1-3H3. The lowest BCUT2D eigenvalue weighted by Gasteiger charge is -2.18. The van der Waals surface area contributed by atoms with E-state index in [4.69, 9.17) is 0 Å². The summed E-state index contributed by atoms with van der Waals surface area (Å²) in [7, 11) is 2.03. The number of aromatic nitrogens is 3. The van der Waals surface area contributed by atoms with Gasteiger partial charge in [0.05, 0.1) is 0 Å². The van der Waals surface area contributed by atoms with Crippen molar-refractivity contribution in [1.82, 2.24) is 15.0 Å². The zero-order valence-electron chi connectivity index (χ0n) is 10.8. The summed E-state index contributed by atoms with van der Waals surface area (Å²) >= 11 is 1.56. The van der Waals surface area contributed by atoms with Crippen molar-refractivity contribution in [2.45, 2.75) is 18.6 Å². The van der Waals surface area contributed by atoms with E-state index in [1.807, 2.05) is 50.8 Å². The molecule has 2 aromatic rings. The van der Waals surface area contributed by atoms with Crippen molar-refractivity contribution >= 4 is 17.6 Å². The van der Waals surface area contributed by atoms with Crippen molar-refractivity contribution in [3.63, 3.8) is 0 Å². The first-order valence-corrected chi connectivity index (χ1v) is 6.91. The van der Waals surface area contributed by atoms with Crippen LogP contribution in [-0.4, -0.2) is 28.3 Å². The van der Waals surface area contributed by atoms with Crippen LogP contribution in [0.25, 0.3) is 0 Å². The Morgan fingerprint density at radius 2 is 1.94 bits per heavy atom. The van der Waals surface area contributed by atoms with Gasteiger partial charge in [0.1, 0.15) is 5.82 Å². The summed E-state index contributed by atoms with van der Waals surface area (Å²) in [4.78, 5) is 15.0. The van der Waals surface area contributed by atoms with Crippen molar-refractivity contribution in [3.05, 3.63) is 41.9 Å². The predicted octanol–water partition coefficient (Wildman–Crippen LogP) is 2.54. The summed E-state index contributed by atoms with van der Waals surface area (Å²) in [6.07, 6.45) is 5.60. The number of pyridine rings is 1. The predicted molar refractivity (Wildman–Crippen MR) is 74.9 cm³/mol. The molecule has 2 rings (SSSR count). The van der Waals surface area contributed by atoms with Crippen LogP contribution in [0, 0.1) is 6.92 Å². The number of aryl methyl sites for hydroxylation is 1. The molecule has 0 saturated carbocycles. The lowest BCUT2D eigenvalue weighted by Crippen LogP contribution is -2.18. The molecular weight excluding hydrogens is 244 g/mol. The van der Waals surface area contributed by atoms with Gasteiger partial charge in [-0.1, -0.05) is 11.8 Å². The summed E-state index contributed by atoms with van der Waals surface area (Å²) in [5.74, 6) is 0.948. The summed E-state index contributed by atoms with van der Waals surface area (Å²) in [5, 5.41) is 0.812. The summed E-state index contributed by atoms with van der Waals surface area (Å²) < 4.78 is 0. The zero-order valence-corrected chi connectivity index (χ0v) is 11.6.